The molecular formula is C18H17FN4O3. The number of morpholine rings is 1. The minimum Gasteiger partial charge on any atom is -0.361 e. The van der Waals surface area contributed by atoms with Crippen molar-refractivity contribution >= 4 is 17.5 Å². The molecule has 3 heterocycles. The SMILES string of the molecule is O=C(c1ccnnc1)N1CCC2(C1)CN(c1ccc(F)cc1)C(=O)CO2. The molecule has 0 radical (unpaired) electrons. The number of carbonyl (C=O) groups is 2. The Morgan fingerprint density at radius 2 is 1.96 bits per heavy atom. The zero-order valence-corrected chi connectivity index (χ0v) is 14.0. The molecule has 2 fully saturated rings. The highest BCUT2D eigenvalue weighted by Crippen LogP contribution is 2.32. The lowest BCUT2D eigenvalue weighted by molar-refractivity contribution is -0.137. The van der Waals surface area contributed by atoms with Crippen molar-refractivity contribution in [1.29, 1.82) is 0 Å². The lowest BCUT2D eigenvalue weighted by atomic mass is 10.00. The molecule has 1 aromatic carbocycles. The van der Waals surface area contributed by atoms with Crippen molar-refractivity contribution in [2.45, 2.75) is 12.0 Å². The van der Waals surface area contributed by atoms with Crippen LogP contribution in [-0.2, 0) is 9.53 Å². The topological polar surface area (TPSA) is 75.6 Å². The molecule has 4 rings (SSSR count). The average molecular weight is 356 g/mol. The molecule has 26 heavy (non-hydrogen) atoms. The lowest BCUT2D eigenvalue weighted by Crippen LogP contribution is -2.56. The molecule has 8 heteroatoms. The first-order valence-corrected chi connectivity index (χ1v) is 8.32. The van der Waals surface area contributed by atoms with Gasteiger partial charge in [0.2, 0.25) is 0 Å². The number of anilines is 1. The summed E-state index contributed by atoms with van der Waals surface area (Å²) in [4.78, 5) is 28.2. The maximum atomic E-state index is 13.2. The second-order valence-corrected chi connectivity index (χ2v) is 6.54. The van der Waals surface area contributed by atoms with Gasteiger partial charge in [-0.25, -0.2) is 4.39 Å². The van der Waals surface area contributed by atoms with Gasteiger partial charge >= 0.3 is 0 Å². The molecule has 1 aromatic heterocycles. The van der Waals surface area contributed by atoms with Crippen molar-refractivity contribution in [2.75, 3.05) is 31.1 Å². The number of aromatic nitrogens is 2. The largest absolute Gasteiger partial charge is 0.361 e. The fourth-order valence-electron chi connectivity index (χ4n) is 3.44. The highest BCUT2D eigenvalue weighted by molar-refractivity contribution is 5.96. The fourth-order valence-corrected chi connectivity index (χ4v) is 3.44. The van der Waals surface area contributed by atoms with E-state index in [1.165, 1.54) is 24.5 Å². The standard InChI is InChI=1S/C18H17FN4O3/c19-14-1-3-15(4-2-14)23-12-18(26-10-16(23)24)6-8-22(11-18)17(25)13-5-7-20-21-9-13/h1-5,7,9H,6,8,10-12H2. The molecule has 1 spiro atoms. The number of ether oxygens (including phenoxy) is 1. The number of nitrogens with zero attached hydrogens (tertiary/aromatic N) is 4. The van der Waals surface area contributed by atoms with E-state index in [1.807, 2.05) is 0 Å². The minimum absolute atomic E-state index is 0.0593. The van der Waals surface area contributed by atoms with Crippen LogP contribution >= 0.6 is 0 Å². The molecular weight excluding hydrogens is 339 g/mol. The van der Waals surface area contributed by atoms with Gasteiger partial charge < -0.3 is 14.5 Å². The van der Waals surface area contributed by atoms with Crippen molar-refractivity contribution in [3.63, 3.8) is 0 Å². The van der Waals surface area contributed by atoms with Crippen LogP contribution in [0.1, 0.15) is 16.8 Å². The zero-order chi connectivity index (χ0) is 18.1. The van der Waals surface area contributed by atoms with Gasteiger partial charge in [-0.3, -0.25) is 9.59 Å². The summed E-state index contributed by atoms with van der Waals surface area (Å²) in [5, 5.41) is 7.42. The summed E-state index contributed by atoms with van der Waals surface area (Å²) in [5.74, 6) is -0.663. The Hall–Kier alpha value is -2.87. The van der Waals surface area contributed by atoms with E-state index in [2.05, 4.69) is 10.2 Å². The number of carbonyl (C=O) groups excluding carboxylic acids is 2. The Balaban J connectivity index is 1.51. The maximum Gasteiger partial charge on any atom is 0.255 e. The summed E-state index contributed by atoms with van der Waals surface area (Å²) >= 11 is 0. The van der Waals surface area contributed by atoms with Gasteiger partial charge in [0.15, 0.2) is 0 Å². The quantitative estimate of drug-likeness (QED) is 0.810. The predicted octanol–water partition coefficient (Wildman–Crippen LogP) is 1.26. The first-order chi connectivity index (χ1) is 12.6. The molecule has 2 aromatic rings. The highest BCUT2D eigenvalue weighted by atomic mass is 19.1. The first-order valence-electron chi connectivity index (χ1n) is 8.32. The van der Waals surface area contributed by atoms with E-state index in [0.717, 1.165) is 0 Å². The third kappa shape index (κ3) is 3.03. The second kappa shape index (κ2) is 6.45. The van der Waals surface area contributed by atoms with Crippen LogP contribution in [0.15, 0.2) is 42.7 Å². The molecule has 2 saturated heterocycles. The monoisotopic (exact) mass is 356 g/mol. The molecule has 0 aliphatic carbocycles. The summed E-state index contributed by atoms with van der Waals surface area (Å²) < 4.78 is 19.0. The average Bonchev–Trinajstić information content (AvgIpc) is 3.08. The normalized spacial score (nSPS) is 22.9. The van der Waals surface area contributed by atoms with Gasteiger partial charge in [0, 0.05) is 12.2 Å². The second-order valence-electron chi connectivity index (χ2n) is 6.54. The summed E-state index contributed by atoms with van der Waals surface area (Å²) in [6.45, 7) is 1.19. The number of hydrogen-bond donors (Lipinski definition) is 0. The number of rotatable bonds is 2. The number of amides is 2. The molecule has 0 N–H and O–H groups in total. The van der Waals surface area contributed by atoms with E-state index in [4.69, 9.17) is 4.74 Å². The van der Waals surface area contributed by atoms with Crippen molar-refractivity contribution in [3.8, 4) is 0 Å². The van der Waals surface area contributed by atoms with Gasteiger partial charge in [-0.1, -0.05) is 0 Å². The van der Waals surface area contributed by atoms with E-state index in [9.17, 15) is 14.0 Å². The highest BCUT2D eigenvalue weighted by Gasteiger charge is 2.46. The Morgan fingerprint density at radius 1 is 1.15 bits per heavy atom. The molecule has 134 valence electrons. The number of hydrogen-bond acceptors (Lipinski definition) is 5. The summed E-state index contributed by atoms with van der Waals surface area (Å²) in [6, 6.07) is 7.42. The Labute approximate surface area is 149 Å². The summed E-state index contributed by atoms with van der Waals surface area (Å²) in [7, 11) is 0. The lowest BCUT2D eigenvalue weighted by Gasteiger charge is -2.40. The summed E-state index contributed by atoms with van der Waals surface area (Å²) in [6.07, 6.45) is 3.54. The van der Waals surface area contributed by atoms with Crippen LogP contribution in [0, 0.1) is 5.82 Å². The van der Waals surface area contributed by atoms with Gasteiger partial charge in [-0.2, -0.15) is 10.2 Å². The van der Waals surface area contributed by atoms with E-state index in [-0.39, 0.29) is 24.2 Å². The molecule has 2 aliphatic rings. The van der Waals surface area contributed by atoms with Gasteiger partial charge in [-0.05, 0) is 36.8 Å². The minimum atomic E-state index is -0.613. The van der Waals surface area contributed by atoms with E-state index in [0.29, 0.717) is 37.3 Å². The zero-order valence-electron chi connectivity index (χ0n) is 14.0. The smallest absolute Gasteiger partial charge is 0.255 e. The van der Waals surface area contributed by atoms with Gasteiger partial charge in [0.05, 0.1) is 31.0 Å². The van der Waals surface area contributed by atoms with Crippen LogP contribution in [0.4, 0.5) is 10.1 Å². The van der Waals surface area contributed by atoms with Gasteiger partial charge in [-0.15, -0.1) is 0 Å². The third-order valence-electron chi connectivity index (χ3n) is 4.82. The molecule has 7 nitrogen and oxygen atoms in total. The number of benzene rings is 1. The van der Waals surface area contributed by atoms with E-state index < -0.39 is 5.60 Å². The van der Waals surface area contributed by atoms with Crippen LogP contribution < -0.4 is 4.90 Å². The molecule has 1 atom stereocenters. The molecule has 1 unspecified atom stereocenters. The van der Waals surface area contributed by atoms with Crippen LogP contribution in [0.3, 0.4) is 0 Å². The van der Waals surface area contributed by atoms with Crippen molar-refractivity contribution in [3.05, 3.63) is 54.1 Å². The Bertz CT molecular complexity index is 830. The van der Waals surface area contributed by atoms with Crippen LogP contribution in [0.5, 0.6) is 0 Å². The van der Waals surface area contributed by atoms with Crippen molar-refractivity contribution in [1.82, 2.24) is 15.1 Å². The maximum absolute atomic E-state index is 13.2. The predicted molar refractivity (Wildman–Crippen MR) is 90.0 cm³/mol. The van der Waals surface area contributed by atoms with Crippen LogP contribution in [-0.4, -0.2) is 58.8 Å². The first kappa shape index (κ1) is 16.6. The fraction of sp³-hybridized carbons (Fsp3) is 0.333. The van der Waals surface area contributed by atoms with Gasteiger partial charge in [0.1, 0.15) is 18.0 Å². The Kier molecular flexibility index (Phi) is 4.12. The molecule has 0 saturated carbocycles. The molecule has 2 amide bonds. The van der Waals surface area contributed by atoms with Gasteiger partial charge in [0.25, 0.3) is 11.8 Å². The van der Waals surface area contributed by atoms with Crippen molar-refractivity contribution < 1.29 is 18.7 Å². The molecule has 2 aliphatic heterocycles. The van der Waals surface area contributed by atoms with Crippen molar-refractivity contribution in [2.24, 2.45) is 0 Å². The summed E-state index contributed by atoms with van der Waals surface area (Å²) in [5.41, 5.74) is 0.486. The number of halogens is 1. The molecule has 0 bridgehead atoms. The van der Waals surface area contributed by atoms with Crippen LogP contribution in [0.2, 0.25) is 0 Å². The van der Waals surface area contributed by atoms with Crippen LogP contribution in [0.25, 0.3) is 0 Å². The third-order valence-corrected chi connectivity index (χ3v) is 4.82. The van der Waals surface area contributed by atoms with E-state index in [1.54, 1.807) is 28.0 Å². The van der Waals surface area contributed by atoms with E-state index >= 15 is 0 Å². The number of likely N-dealkylation sites (tertiary alicyclic amines) is 1. The Morgan fingerprint density at radius 3 is 2.69 bits per heavy atom.